The first-order valence-corrected chi connectivity index (χ1v) is 16.1. The molecule has 0 atom stereocenters. The molecule has 0 saturated heterocycles. The molecule has 0 aliphatic heterocycles. The van der Waals surface area contributed by atoms with Crippen molar-refractivity contribution in [2.45, 2.75) is 0 Å². The predicted octanol–water partition coefficient (Wildman–Crippen LogP) is 9.91. The topological polar surface area (TPSA) is 77.3 Å². The highest BCUT2D eigenvalue weighted by Crippen LogP contribution is 2.41. The molecule has 0 bridgehead atoms. The molecule has 9 rings (SSSR count). The summed E-state index contributed by atoms with van der Waals surface area (Å²) < 4.78 is 2.41. The predicted molar refractivity (Wildman–Crippen MR) is 191 cm³/mol. The highest BCUT2D eigenvalue weighted by molar-refractivity contribution is 7.25. The number of hydrogen-bond donors (Lipinski definition) is 0. The zero-order chi connectivity index (χ0) is 31.2. The maximum atomic E-state index is 4.93. The van der Waals surface area contributed by atoms with Gasteiger partial charge in [-0.3, -0.25) is 4.98 Å². The van der Waals surface area contributed by atoms with Crippen LogP contribution in [0.5, 0.6) is 0 Å². The van der Waals surface area contributed by atoms with Gasteiger partial charge in [-0.15, -0.1) is 21.5 Å². The van der Waals surface area contributed by atoms with Crippen LogP contribution in [0, 0.1) is 0 Å². The van der Waals surface area contributed by atoms with Gasteiger partial charge in [-0.1, -0.05) is 121 Å². The average Bonchev–Trinajstić information content (AvgIpc) is 3.54. The second kappa shape index (κ2) is 11.3. The minimum Gasteiger partial charge on any atom is -0.254 e. The lowest BCUT2D eigenvalue weighted by Crippen LogP contribution is -2.00. The Kier molecular flexibility index (Phi) is 6.54. The third-order valence-electron chi connectivity index (χ3n) is 8.29. The Morgan fingerprint density at radius 2 is 0.915 bits per heavy atom. The van der Waals surface area contributed by atoms with Gasteiger partial charge in [0, 0.05) is 59.4 Å². The quantitative estimate of drug-likeness (QED) is 0.191. The molecule has 5 aromatic carbocycles. The molecule has 4 aromatic heterocycles. The van der Waals surface area contributed by atoms with E-state index in [0.29, 0.717) is 17.5 Å². The molecule has 6 nitrogen and oxygen atoms in total. The smallest absolute Gasteiger partial charge is 0.164 e. The molecule has 0 aliphatic rings. The van der Waals surface area contributed by atoms with Crippen LogP contribution in [0.4, 0.5) is 0 Å². The van der Waals surface area contributed by atoms with E-state index < -0.39 is 0 Å². The van der Waals surface area contributed by atoms with Gasteiger partial charge in [0.2, 0.25) is 0 Å². The van der Waals surface area contributed by atoms with E-state index in [2.05, 4.69) is 54.6 Å². The van der Waals surface area contributed by atoms with Gasteiger partial charge >= 0.3 is 0 Å². The molecule has 0 spiro atoms. The fraction of sp³-hybridized carbons (Fsp3) is 0. The molecule has 0 N–H and O–H groups in total. The van der Waals surface area contributed by atoms with E-state index in [-0.39, 0.29) is 0 Å². The van der Waals surface area contributed by atoms with E-state index in [1.807, 2.05) is 91.1 Å². The first kappa shape index (κ1) is 27.2. The van der Waals surface area contributed by atoms with Crippen LogP contribution in [-0.2, 0) is 0 Å². The molecule has 0 radical (unpaired) electrons. The molecule has 0 amide bonds. The molecule has 0 fully saturated rings. The molecule has 220 valence electrons. The number of hydrogen-bond acceptors (Lipinski definition) is 7. The van der Waals surface area contributed by atoms with Crippen LogP contribution in [0.1, 0.15) is 0 Å². The molecule has 9 aromatic rings. The Morgan fingerprint density at radius 3 is 1.62 bits per heavy atom. The highest BCUT2D eigenvalue weighted by Gasteiger charge is 2.19. The average molecular weight is 621 g/mol. The summed E-state index contributed by atoms with van der Waals surface area (Å²) in [5.74, 6) is 1.84. The molecular formula is C40H24N6S. The van der Waals surface area contributed by atoms with E-state index in [1.54, 1.807) is 11.3 Å². The van der Waals surface area contributed by atoms with Crippen molar-refractivity contribution in [1.82, 2.24) is 30.1 Å². The monoisotopic (exact) mass is 620 g/mol. The maximum Gasteiger partial charge on any atom is 0.164 e. The second-order valence-electron chi connectivity index (χ2n) is 11.2. The Balaban J connectivity index is 1.20. The zero-order valence-electron chi connectivity index (χ0n) is 24.9. The van der Waals surface area contributed by atoms with Crippen molar-refractivity contribution >= 4 is 42.3 Å². The Bertz CT molecular complexity index is 2520. The fourth-order valence-electron chi connectivity index (χ4n) is 6.08. The van der Waals surface area contributed by atoms with E-state index >= 15 is 0 Å². The summed E-state index contributed by atoms with van der Waals surface area (Å²) >= 11 is 1.77. The third kappa shape index (κ3) is 4.81. The van der Waals surface area contributed by atoms with Gasteiger partial charge in [-0.25, -0.2) is 15.0 Å². The third-order valence-corrected chi connectivity index (χ3v) is 9.43. The lowest BCUT2D eigenvalue weighted by Gasteiger charge is -2.12. The van der Waals surface area contributed by atoms with Crippen LogP contribution in [0.15, 0.2) is 146 Å². The van der Waals surface area contributed by atoms with Gasteiger partial charge in [0.25, 0.3) is 0 Å². The SMILES string of the molecule is c1ccc(-c2nc(-c3ccccc3)nc(-c3cccc(-c4nnc(-c5nccc6sc7ccccc7c56)c5ccccc45)c3)n2)cc1. The van der Waals surface area contributed by atoms with Crippen molar-refractivity contribution < 1.29 is 0 Å². The lowest BCUT2D eigenvalue weighted by atomic mass is 9.99. The van der Waals surface area contributed by atoms with Crippen molar-refractivity contribution in [1.29, 1.82) is 0 Å². The van der Waals surface area contributed by atoms with E-state index in [4.69, 9.17) is 30.1 Å². The number of benzene rings is 5. The second-order valence-corrected chi connectivity index (χ2v) is 12.3. The summed E-state index contributed by atoms with van der Waals surface area (Å²) in [5, 5.41) is 14.0. The highest BCUT2D eigenvalue weighted by atomic mass is 32.1. The van der Waals surface area contributed by atoms with Crippen LogP contribution in [0.25, 0.3) is 87.8 Å². The minimum absolute atomic E-state index is 0.591. The van der Waals surface area contributed by atoms with Crippen molar-refractivity contribution in [2.75, 3.05) is 0 Å². The number of fused-ring (bicyclic) bond motifs is 4. The number of aromatic nitrogens is 6. The van der Waals surface area contributed by atoms with Gasteiger partial charge in [0.1, 0.15) is 17.1 Å². The number of rotatable bonds is 5. The van der Waals surface area contributed by atoms with Crippen LogP contribution < -0.4 is 0 Å². The summed E-state index contributed by atoms with van der Waals surface area (Å²) in [6.45, 7) is 0. The van der Waals surface area contributed by atoms with Gasteiger partial charge in [-0.2, -0.15) is 0 Å². The Morgan fingerprint density at radius 1 is 0.383 bits per heavy atom. The van der Waals surface area contributed by atoms with Crippen LogP contribution in [0.2, 0.25) is 0 Å². The van der Waals surface area contributed by atoms with Crippen molar-refractivity contribution in [3.05, 3.63) is 146 Å². The Labute approximate surface area is 274 Å². The molecule has 0 unspecified atom stereocenters. The molecule has 47 heavy (non-hydrogen) atoms. The summed E-state index contributed by atoms with van der Waals surface area (Å²) in [6, 6.07) is 47.0. The van der Waals surface area contributed by atoms with Crippen LogP contribution in [-0.4, -0.2) is 30.1 Å². The number of nitrogens with zero attached hydrogens (tertiary/aromatic N) is 6. The summed E-state index contributed by atoms with van der Waals surface area (Å²) in [7, 11) is 0. The van der Waals surface area contributed by atoms with Crippen molar-refractivity contribution in [3.8, 4) is 56.8 Å². The van der Waals surface area contributed by atoms with Crippen molar-refractivity contribution in [2.24, 2.45) is 0 Å². The van der Waals surface area contributed by atoms with E-state index in [0.717, 1.165) is 55.5 Å². The molecular weight excluding hydrogens is 597 g/mol. The standard InChI is InChI=1S/C40H24N6S/c1-3-12-25(13-4-1)38-42-39(26-14-5-2-6-15-26)44-40(43-38)28-17-11-16-27(24-28)35-29-18-7-8-19-30(29)36(46-45-35)37-34-31-20-9-10-21-32(31)47-33(34)22-23-41-37/h1-24H. The lowest BCUT2D eigenvalue weighted by molar-refractivity contribution is 1.05. The van der Waals surface area contributed by atoms with Gasteiger partial charge in [-0.05, 0) is 18.2 Å². The van der Waals surface area contributed by atoms with Gasteiger partial charge < -0.3 is 0 Å². The normalized spacial score (nSPS) is 11.4. The molecule has 7 heteroatoms. The minimum atomic E-state index is 0.591. The number of pyridine rings is 1. The number of thiophene rings is 1. The van der Waals surface area contributed by atoms with Gasteiger partial charge in [0.05, 0.1) is 0 Å². The first-order chi connectivity index (χ1) is 23.3. The van der Waals surface area contributed by atoms with Gasteiger partial charge in [0.15, 0.2) is 17.5 Å². The van der Waals surface area contributed by atoms with E-state index in [1.165, 1.54) is 14.8 Å². The Hall–Kier alpha value is -6.18. The first-order valence-electron chi connectivity index (χ1n) is 15.3. The molecule has 0 aliphatic carbocycles. The summed E-state index contributed by atoms with van der Waals surface area (Å²) in [6.07, 6.45) is 1.86. The maximum absolute atomic E-state index is 4.93. The van der Waals surface area contributed by atoms with Crippen molar-refractivity contribution in [3.63, 3.8) is 0 Å². The largest absolute Gasteiger partial charge is 0.254 e. The fourth-order valence-corrected chi connectivity index (χ4v) is 7.19. The summed E-state index contributed by atoms with van der Waals surface area (Å²) in [5.41, 5.74) is 6.05. The zero-order valence-corrected chi connectivity index (χ0v) is 25.8. The molecule has 0 saturated carbocycles. The molecule has 4 heterocycles. The summed E-state index contributed by atoms with van der Waals surface area (Å²) in [4.78, 5) is 19.6. The van der Waals surface area contributed by atoms with Crippen LogP contribution >= 0.6 is 11.3 Å². The van der Waals surface area contributed by atoms with E-state index in [9.17, 15) is 0 Å². The van der Waals surface area contributed by atoms with Crippen LogP contribution in [0.3, 0.4) is 0 Å².